The zero-order chi connectivity index (χ0) is 22.9. The minimum atomic E-state index is -4.96. The van der Waals surface area contributed by atoms with Gasteiger partial charge in [-0.25, -0.2) is 0 Å². The van der Waals surface area contributed by atoms with Crippen LogP contribution in [0.1, 0.15) is 25.8 Å². The number of H-pyrrole nitrogens is 1. The fraction of sp³-hybridized carbons (Fsp3) is 0.304. The quantitative estimate of drug-likeness (QED) is 0.544. The molecule has 0 aliphatic carbocycles. The topological polar surface area (TPSA) is 74.7 Å². The molecule has 164 valence electrons. The van der Waals surface area contributed by atoms with Crippen molar-refractivity contribution >= 4 is 22.7 Å². The van der Waals surface area contributed by atoms with Crippen LogP contribution in [-0.4, -0.2) is 35.2 Å². The van der Waals surface area contributed by atoms with Crippen molar-refractivity contribution in [3.8, 4) is 5.75 Å². The van der Waals surface area contributed by atoms with Gasteiger partial charge in [0.1, 0.15) is 5.75 Å². The molecule has 0 saturated carbocycles. The largest absolute Gasteiger partial charge is 0.497 e. The maximum Gasteiger partial charge on any atom is 0.422 e. The summed E-state index contributed by atoms with van der Waals surface area (Å²) in [5.41, 5.74) is -3.88. The Morgan fingerprint density at radius 2 is 1.81 bits per heavy atom. The SMILES string of the molecule is COc1cccc(C(C)(C)CC(O)(/C=N/c2cccc3c(=O)[nH]ccc23)C(F)(F)F)c1. The fourth-order valence-corrected chi connectivity index (χ4v) is 3.53. The molecule has 1 atom stereocenters. The summed E-state index contributed by atoms with van der Waals surface area (Å²) >= 11 is 0. The van der Waals surface area contributed by atoms with Gasteiger partial charge in [0.25, 0.3) is 5.56 Å². The summed E-state index contributed by atoms with van der Waals surface area (Å²) in [6, 6.07) is 12.8. The van der Waals surface area contributed by atoms with E-state index in [1.165, 1.54) is 25.4 Å². The Hall–Kier alpha value is -3.13. The highest BCUT2D eigenvalue weighted by molar-refractivity contribution is 5.93. The summed E-state index contributed by atoms with van der Waals surface area (Å²) in [6.07, 6.45) is -3.71. The summed E-state index contributed by atoms with van der Waals surface area (Å²) in [7, 11) is 1.47. The number of ether oxygens (including phenoxy) is 1. The van der Waals surface area contributed by atoms with Gasteiger partial charge in [-0.15, -0.1) is 0 Å². The zero-order valence-electron chi connectivity index (χ0n) is 17.3. The van der Waals surface area contributed by atoms with Crippen LogP contribution in [0.2, 0.25) is 0 Å². The lowest BCUT2D eigenvalue weighted by molar-refractivity contribution is -0.234. The molecule has 0 fully saturated rings. The van der Waals surface area contributed by atoms with Crippen LogP contribution in [-0.2, 0) is 5.41 Å². The Bertz CT molecular complexity index is 1170. The van der Waals surface area contributed by atoms with Gasteiger partial charge in [-0.3, -0.25) is 9.79 Å². The Kier molecular flexibility index (Phi) is 5.96. The van der Waals surface area contributed by atoms with Crippen LogP contribution in [0.3, 0.4) is 0 Å². The van der Waals surface area contributed by atoms with Crippen LogP contribution in [0.15, 0.2) is 64.5 Å². The van der Waals surface area contributed by atoms with Gasteiger partial charge in [-0.1, -0.05) is 32.0 Å². The van der Waals surface area contributed by atoms with Crippen molar-refractivity contribution in [1.29, 1.82) is 0 Å². The molecule has 1 heterocycles. The molecule has 1 aromatic heterocycles. The number of nitrogens with zero attached hydrogens (tertiary/aromatic N) is 1. The number of aliphatic imine (C=N–C) groups is 1. The number of nitrogens with one attached hydrogen (secondary N) is 1. The number of rotatable bonds is 6. The molecule has 0 aliphatic rings. The molecule has 31 heavy (non-hydrogen) atoms. The second-order valence-corrected chi connectivity index (χ2v) is 8.02. The van der Waals surface area contributed by atoms with Gasteiger partial charge in [0.15, 0.2) is 5.60 Å². The van der Waals surface area contributed by atoms with Crippen molar-refractivity contribution in [1.82, 2.24) is 4.98 Å². The Balaban J connectivity index is 2.02. The molecule has 0 amide bonds. The predicted octanol–water partition coefficient (Wildman–Crippen LogP) is 4.90. The highest BCUT2D eigenvalue weighted by Gasteiger charge is 2.55. The van der Waals surface area contributed by atoms with E-state index in [1.807, 2.05) is 0 Å². The number of benzene rings is 2. The third-order valence-electron chi connectivity index (χ3n) is 5.26. The van der Waals surface area contributed by atoms with Crippen LogP contribution in [0.25, 0.3) is 10.8 Å². The van der Waals surface area contributed by atoms with Crippen LogP contribution < -0.4 is 10.3 Å². The van der Waals surface area contributed by atoms with Crippen LogP contribution >= 0.6 is 0 Å². The van der Waals surface area contributed by atoms with Crippen molar-refractivity contribution in [3.05, 3.63) is 70.6 Å². The Morgan fingerprint density at radius 3 is 2.48 bits per heavy atom. The van der Waals surface area contributed by atoms with E-state index >= 15 is 0 Å². The van der Waals surface area contributed by atoms with Crippen molar-refractivity contribution in [2.75, 3.05) is 7.11 Å². The number of alkyl halides is 3. The van der Waals surface area contributed by atoms with E-state index in [2.05, 4.69) is 9.98 Å². The first-order valence-electron chi connectivity index (χ1n) is 9.56. The average Bonchev–Trinajstić information content (AvgIpc) is 2.71. The highest BCUT2D eigenvalue weighted by Crippen LogP contribution is 2.41. The number of hydrogen-bond acceptors (Lipinski definition) is 4. The number of aromatic amines is 1. The van der Waals surface area contributed by atoms with Crippen LogP contribution in [0.5, 0.6) is 5.75 Å². The highest BCUT2D eigenvalue weighted by atomic mass is 19.4. The minimum absolute atomic E-state index is 0.158. The molecule has 2 N–H and O–H groups in total. The summed E-state index contributed by atoms with van der Waals surface area (Å²) in [5, 5.41) is 11.4. The average molecular weight is 432 g/mol. The molecule has 0 radical (unpaired) electrons. The third-order valence-corrected chi connectivity index (χ3v) is 5.26. The normalized spacial score (nSPS) is 14.7. The number of hydrogen-bond donors (Lipinski definition) is 2. The van der Waals surface area contributed by atoms with Gasteiger partial charge < -0.3 is 14.8 Å². The van der Waals surface area contributed by atoms with Crippen LogP contribution in [0.4, 0.5) is 18.9 Å². The molecule has 8 heteroatoms. The van der Waals surface area contributed by atoms with Crippen molar-refractivity contribution in [2.24, 2.45) is 4.99 Å². The van der Waals surface area contributed by atoms with E-state index in [4.69, 9.17) is 4.74 Å². The first-order valence-corrected chi connectivity index (χ1v) is 9.56. The second-order valence-electron chi connectivity index (χ2n) is 8.02. The minimum Gasteiger partial charge on any atom is -0.497 e. The number of aliphatic hydroxyl groups is 1. The van der Waals surface area contributed by atoms with Crippen molar-refractivity contribution in [2.45, 2.75) is 37.5 Å². The summed E-state index contributed by atoms with van der Waals surface area (Å²) in [4.78, 5) is 18.4. The number of pyridine rings is 1. The molecule has 0 spiro atoms. The third kappa shape index (κ3) is 4.64. The van der Waals surface area contributed by atoms with Crippen molar-refractivity contribution in [3.63, 3.8) is 0 Å². The van der Waals surface area contributed by atoms with Crippen LogP contribution in [0, 0.1) is 0 Å². The molecular weight excluding hydrogens is 409 g/mol. The maximum absolute atomic E-state index is 14.0. The lowest BCUT2D eigenvalue weighted by atomic mass is 9.75. The summed E-state index contributed by atoms with van der Waals surface area (Å²) in [5.74, 6) is 0.510. The maximum atomic E-state index is 14.0. The summed E-state index contributed by atoms with van der Waals surface area (Å²) in [6.45, 7) is 3.23. The lowest BCUT2D eigenvalue weighted by Crippen LogP contribution is -2.50. The van der Waals surface area contributed by atoms with Gasteiger partial charge in [0.2, 0.25) is 0 Å². The standard InChI is InChI=1S/C23H23F3N2O3/c1-21(2,15-6-4-7-16(12-15)31-3)13-22(30,23(24,25)26)14-28-19-9-5-8-18-17(19)10-11-27-20(18)29/h4-12,14,30H,13H2,1-3H3,(H,27,29)/b28-14+. The van der Waals surface area contributed by atoms with Gasteiger partial charge in [0.05, 0.1) is 12.8 Å². The van der Waals surface area contributed by atoms with Gasteiger partial charge >= 0.3 is 6.18 Å². The molecular formula is C23H23F3N2O3. The number of halogens is 3. The lowest BCUT2D eigenvalue weighted by Gasteiger charge is -2.35. The van der Waals surface area contributed by atoms with Gasteiger partial charge in [-0.05, 0) is 47.7 Å². The molecule has 0 aliphatic heterocycles. The smallest absolute Gasteiger partial charge is 0.422 e. The molecule has 5 nitrogen and oxygen atoms in total. The first kappa shape index (κ1) is 22.6. The van der Waals surface area contributed by atoms with Gasteiger partial charge in [0, 0.05) is 23.2 Å². The van der Waals surface area contributed by atoms with Gasteiger partial charge in [-0.2, -0.15) is 13.2 Å². The monoisotopic (exact) mass is 432 g/mol. The predicted molar refractivity (Wildman–Crippen MR) is 114 cm³/mol. The van der Waals surface area contributed by atoms with Crippen molar-refractivity contribution < 1.29 is 23.0 Å². The molecule has 3 aromatic rings. The molecule has 2 aromatic carbocycles. The molecule has 1 unspecified atom stereocenters. The van der Waals surface area contributed by atoms with E-state index in [0.29, 0.717) is 28.3 Å². The zero-order valence-corrected chi connectivity index (χ0v) is 17.3. The van der Waals surface area contributed by atoms with E-state index in [-0.39, 0.29) is 11.2 Å². The van der Waals surface area contributed by atoms with E-state index in [9.17, 15) is 23.1 Å². The Morgan fingerprint density at radius 1 is 1.10 bits per heavy atom. The summed E-state index contributed by atoms with van der Waals surface area (Å²) < 4.78 is 47.0. The van der Waals surface area contributed by atoms with E-state index in [0.717, 1.165) is 0 Å². The molecule has 3 rings (SSSR count). The second kappa shape index (κ2) is 8.19. The number of fused-ring (bicyclic) bond motifs is 1. The molecule has 0 saturated heterocycles. The Labute approximate surface area is 177 Å². The first-order chi connectivity index (χ1) is 14.5. The number of methoxy groups -OCH3 is 1. The van der Waals surface area contributed by atoms with E-state index in [1.54, 1.807) is 50.2 Å². The fourth-order valence-electron chi connectivity index (χ4n) is 3.53. The van der Waals surface area contributed by atoms with E-state index < -0.39 is 23.6 Å². The number of aromatic nitrogens is 1. The molecule has 0 bridgehead atoms.